The van der Waals surface area contributed by atoms with Crippen LogP contribution >= 0.6 is 0 Å². The van der Waals surface area contributed by atoms with Gasteiger partial charge in [-0.3, -0.25) is 0 Å². The van der Waals surface area contributed by atoms with E-state index in [1.54, 1.807) is 0 Å². The minimum atomic E-state index is 0.193. The van der Waals surface area contributed by atoms with Crippen molar-refractivity contribution < 1.29 is 5.11 Å². The fourth-order valence-corrected chi connectivity index (χ4v) is 1.05. The van der Waals surface area contributed by atoms with Gasteiger partial charge < -0.3 is 5.11 Å². The molecule has 68 valence electrons. The minimum Gasteiger partial charge on any atom is -0.396 e. The molecule has 0 amide bonds. The smallest absolute Gasteiger partial charge is 0.0465 e. The lowest BCUT2D eigenvalue weighted by Crippen LogP contribution is -1.79. The summed E-state index contributed by atoms with van der Waals surface area (Å²) < 4.78 is 0. The summed E-state index contributed by atoms with van der Waals surface area (Å²) in [6, 6.07) is 9.99. The van der Waals surface area contributed by atoms with Crippen molar-refractivity contribution in [1.82, 2.24) is 0 Å². The fourth-order valence-electron chi connectivity index (χ4n) is 1.05. The van der Waals surface area contributed by atoms with Gasteiger partial charge >= 0.3 is 0 Å². The molecule has 0 aliphatic heterocycles. The third kappa shape index (κ3) is 3.26. The van der Waals surface area contributed by atoms with Crippen LogP contribution in [0.4, 0.5) is 0 Å². The monoisotopic (exact) mass is 174 g/mol. The lowest BCUT2D eigenvalue weighted by molar-refractivity contribution is 0.302. The molecule has 0 saturated carbocycles. The van der Waals surface area contributed by atoms with Gasteiger partial charge in [-0.15, -0.1) is 0 Å². The number of hydrogen-bond donors (Lipinski definition) is 1. The van der Waals surface area contributed by atoms with Gasteiger partial charge in [-0.25, -0.2) is 0 Å². The Balaban J connectivity index is 2.59. The van der Waals surface area contributed by atoms with Crippen LogP contribution in [0.3, 0.4) is 0 Å². The van der Waals surface area contributed by atoms with Gasteiger partial charge in [0.2, 0.25) is 0 Å². The SMILES string of the molecule is C=C(/C=C/CCO)c1ccccc1. The van der Waals surface area contributed by atoms with Crippen LogP contribution < -0.4 is 0 Å². The predicted octanol–water partition coefficient (Wildman–Crippen LogP) is 2.64. The Morgan fingerprint density at radius 1 is 1.31 bits per heavy atom. The summed E-state index contributed by atoms with van der Waals surface area (Å²) in [7, 11) is 0. The summed E-state index contributed by atoms with van der Waals surface area (Å²) in [6.45, 7) is 4.12. The van der Waals surface area contributed by atoms with Crippen molar-refractivity contribution in [1.29, 1.82) is 0 Å². The van der Waals surface area contributed by atoms with Gasteiger partial charge in [0.15, 0.2) is 0 Å². The molecule has 1 aromatic carbocycles. The first-order chi connectivity index (χ1) is 6.34. The zero-order chi connectivity index (χ0) is 9.52. The number of aliphatic hydroxyl groups excluding tert-OH is 1. The molecule has 1 nitrogen and oxygen atoms in total. The molecular weight excluding hydrogens is 160 g/mol. The predicted molar refractivity (Wildman–Crippen MR) is 56.3 cm³/mol. The van der Waals surface area contributed by atoms with Crippen LogP contribution in [0.15, 0.2) is 49.1 Å². The van der Waals surface area contributed by atoms with Crippen molar-refractivity contribution in [2.75, 3.05) is 6.61 Å². The fraction of sp³-hybridized carbons (Fsp3) is 0.167. The maximum atomic E-state index is 8.57. The molecule has 1 rings (SSSR count). The molecule has 0 radical (unpaired) electrons. The van der Waals surface area contributed by atoms with E-state index in [2.05, 4.69) is 6.58 Å². The number of rotatable bonds is 4. The Labute approximate surface area is 79.0 Å². The zero-order valence-electron chi connectivity index (χ0n) is 7.61. The summed E-state index contributed by atoms with van der Waals surface area (Å²) in [4.78, 5) is 0. The van der Waals surface area contributed by atoms with E-state index in [4.69, 9.17) is 5.11 Å². The number of aliphatic hydroxyl groups is 1. The molecule has 0 unspecified atom stereocenters. The standard InChI is InChI=1S/C12H14O/c1-11(7-5-6-10-13)12-8-3-2-4-9-12/h2-5,7-9,13H,1,6,10H2/b7-5+. The maximum absolute atomic E-state index is 8.57. The Morgan fingerprint density at radius 2 is 2.00 bits per heavy atom. The Bertz CT molecular complexity index is 285. The number of benzene rings is 1. The minimum absolute atomic E-state index is 0.193. The summed E-state index contributed by atoms with van der Waals surface area (Å²) in [5, 5.41) is 8.57. The van der Waals surface area contributed by atoms with E-state index in [1.807, 2.05) is 42.5 Å². The second-order valence-electron chi connectivity index (χ2n) is 2.81. The first-order valence-electron chi connectivity index (χ1n) is 4.36. The van der Waals surface area contributed by atoms with Gasteiger partial charge in [0.25, 0.3) is 0 Å². The van der Waals surface area contributed by atoms with Gasteiger partial charge in [-0.05, 0) is 17.6 Å². The summed E-state index contributed by atoms with van der Waals surface area (Å²) in [5.74, 6) is 0. The van der Waals surface area contributed by atoms with Gasteiger partial charge in [0, 0.05) is 6.61 Å². The lowest BCUT2D eigenvalue weighted by atomic mass is 10.1. The van der Waals surface area contributed by atoms with Crippen molar-refractivity contribution in [3.05, 3.63) is 54.6 Å². The van der Waals surface area contributed by atoms with E-state index in [1.165, 1.54) is 0 Å². The summed E-state index contributed by atoms with van der Waals surface area (Å²) >= 11 is 0. The van der Waals surface area contributed by atoms with E-state index in [9.17, 15) is 0 Å². The molecule has 0 aliphatic carbocycles. The molecule has 0 bridgehead atoms. The van der Waals surface area contributed by atoms with Gasteiger partial charge in [-0.1, -0.05) is 49.1 Å². The van der Waals surface area contributed by atoms with E-state index >= 15 is 0 Å². The van der Waals surface area contributed by atoms with Gasteiger partial charge in [0.1, 0.15) is 0 Å². The summed E-state index contributed by atoms with van der Waals surface area (Å²) in [5.41, 5.74) is 2.10. The molecule has 1 N–H and O–H groups in total. The van der Waals surface area contributed by atoms with Crippen molar-refractivity contribution in [2.24, 2.45) is 0 Å². The van der Waals surface area contributed by atoms with E-state index in [0.717, 1.165) is 11.1 Å². The highest BCUT2D eigenvalue weighted by molar-refractivity contribution is 5.71. The lowest BCUT2D eigenvalue weighted by Gasteiger charge is -1.98. The molecule has 0 saturated heterocycles. The Kier molecular flexibility index (Phi) is 4.00. The normalized spacial score (nSPS) is 10.5. The molecule has 0 fully saturated rings. The second kappa shape index (κ2) is 5.33. The molecule has 0 heterocycles. The largest absolute Gasteiger partial charge is 0.396 e. The van der Waals surface area contributed by atoms with Gasteiger partial charge in [0.05, 0.1) is 0 Å². The molecule has 13 heavy (non-hydrogen) atoms. The molecule has 0 aromatic heterocycles. The zero-order valence-corrected chi connectivity index (χ0v) is 7.61. The highest BCUT2D eigenvalue weighted by Gasteiger charge is 1.90. The summed E-state index contributed by atoms with van der Waals surface area (Å²) in [6.07, 6.45) is 4.55. The molecule has 0 aliphatic rings. The topological polar surface area (TPSA) is 20.2 Å². The van der Waals surface area contributed by atoms with E-state index in [-0.39, 0.29) is 6.61 Å². The van der Waals surface area contributed by atoms with Crippen molar-refractivity contribution in [3.63, 3.8) is 0 Å². The van der Waals surface area contributed by atoms with Crippen LogP contribution in [0.2, 0.25) is 0 Å². The molecular formula is C12H14O. The highest BCUT2D eigenvalue weighted by atomic mass is 16.2. The van der Waals surface area contributed by atoms with Crippen LogP contribution in [0.5, 0.6) is 0 Å². The molecule has 1 aromatic rings. The van der Waals surface area contributed by atoms with Crippen LogP contribution in [-0.2, 0) is 0 Å². The Morgan fingerprint density at radius 3 is 2.62 bits per heavy atom. The molecule has 0 spiro atoms. The second-order valence-corrected chi connectivity index (χ2v) is 2.81. The molecule has 0 atom stereocenters. The first-order valence-corrected chi connectivity index (χ1v) is 4.36. The maximum Gasteiger partial charge on any atom is 0.0465 e. The van der Waals surface area contributed by atoms with Gasteiger partial charge in [-0.2, -0.15) is 0 Å². The third-order valence-corrected chi connectivity index (χ3v) is 1.76. The molecule has 1 heteroatoms. The van der Waals surface area contributed by atoms with Crippen LogP contribution in [0.25, 0.3) is 5.57 Å². The van der Waals surface area contributed by atoms with Crippen molar-refractivity contribution in [2.45, 2.75) is 6.42 Å². The van der Waals surface area contributed by atoms with Crippen LogP contribution in [0, 0.1) is 0 Å². The van der Waals surface area contributed by atoms with Crippen molar-refractivity contribution in [3.8, 4) is 0 Å². The average Bonchev–Trinajstić information content (AvgIpc) is 2.19. The third-order valence-electron chi connectivity index (χ3n) is 1.76. The van der Waals surface area contributed by atoms with E-state index in [0.29, 0.717) is 6.42 Å². The van der Waals surface area contributed by atoms with Crippen molar-refractivity contribution >= 4 is 5.57 Å². The van der Waals surface area contributed by atoms with Crippen LogP contribution in [0.1, 0.15) is 12.0 Å². The number of allylic oxidation sites excluding steroid dienone is 2. The first kappa shape index (κ1) is 9.75. The quantitative estimate of drug-likeness (QED) is 0.696. The van der Waals surface area contributed by atoms with E-state index < -0.39 is 0 Å². The average molecular weight is 174 g/mol. The Hall–Kier alpha value is -1.34. The number of hydrogen-bond acceptors (Lipinski definition) is 1. The highest BCUT2D eigenvalue weighted by Crippen LogP contribution is 2.12. The van der Waals surface area contributed by atoms with Crippen LogP contribution in [-0.4, -0.2) is 11.7 Å².